The van der Waals surface area contributed by atoms with Gasteiger partial charge in [-0.15, -0.1) is 0 Å². The smallest absolute Gasteiger partial charge is 0.143 e. The molecular weight excluding hydrogens is 562 g/mol. The van der Waals surface area contributed by atoms with Gasteiger partial charge in [0.25, 0.3) is 0 Å². The number of pyridine rings is 1. The van der Waals surface area contributed by atoms with Gasteiger partial charge in [0.2, 0.25) is 0 Å². The Labute approximate surface area is 264 Å². The number of nitrogens with zero attached hydrogens (tertiary/aromatic N) is 1. The first-order valence-electron chi connectivity index (χ1n) is 15.5. The molecule has 3 heteroatoms. The van der Waals surface area contributed by atoms with Crippen molar-refractivity contribution in [3.63, 3.8) is 0 Å². The zero-order valence-electron chi connectivity index (χ0n) is 24.7. The van der Waals surface area contributed by atoms with Crippen molar-refractivity contribution >= 4 is 65.4 Å². The molecule has 0 saturated carbocycles. The van der Waals surface area contributed by atoms with Crippen molar-refractivity contribution in [1.82, 2.24) is 4.98 Å². The van der Waals surface area contributed by atoms with E-state index in [1.165, 1.54) is 5.39 Å². The van der Waals surface area contributed by atoms with Gasteiger partial charge in [0.1, 0.15) is 22.3 Å². The Morgan fingerprint density at radius 3 is 1.57 bits per heavy atom. The van der Waals surface area contributed by atoms with E-state index in [4.69, 9.17) is 13.8 Å². The molecule has 0 spiro atoms. The summed E-state index contributed by atoms with van der Waals surface area (Å²) in [4.78, 5) is 5.30. The quantitative estimate of drug-likeness (QED) is 0.206. The number of aromatic nitrogens is 1. The fourth-order valence-electron chi connectivity index (χ4n) is 7.14. The molecule has 0 unspecified atom stereocenters. The first kappa shape index (κ1) is 25.2. The van der Waals surface area contributed by atoms with Crippen LogP contribution < -0.4 is 0 Å². The molecular formula is C43H25NO2. The van der Waals surface area contributed by atoms with Crippen LogP contribution >= 0.6 is 0 Å². The molecule has 3 heterocycles. The first-order valence-corrected chi connectivity index (χ1v) is 15.5. The highest BCUT2D eigenvalue weighted by Crippen LogP contribution is 2.43. The summed E-state index contributed by atoms with van der Waals surface area (Å²) in [5, 5.41) is 8.94. The summed E-state index contributed by atoms with van der Waals surface area (Å²) >= 11 is 0. The monoisotopic (exact) mass is 587 g/mol. The minimum Gasteiger partial charge on any atom is -0.455 e. The number of benzene rings is 7. The summed E-state index contributed by atoms with van der Waals surface area (Å²) in [7, 11) is 0. The molecule has 3 nitrogen and oxygen atoms in total. The van der Waals surface area contributed by atoms with Crippen LogP contribution in [0, 0.1) is 0 Å². The second-order valence-corrected chi connectivity index (χ2v) is 11.9. The molecule has 0 aliphatic heterocycles. The van der Waals surface area contributed by atoms with Gasteiger partial charge >= 0.3 is 0 Å². The Morgan fingerprint density at radius 2 is 0.913 bits per heavy atom. The molecule has 10 rings (SSSR count). The van der Waals surface area contributed by atoms with Crippen LogP contribution in [-0.4, -0.2) is 4.98 Å². The fraction of sp³-hybridized carbons (Fsp3) is 0. The van der Waals surface area contributed by atoms with Crippen LogP contribution in [0.5, 0.6) is 0 Å². The van der Waals surface area contributed by atoms with Crippen molar-refractivity contribution in [2.24, 2.45) is 0 Å². The summed E-state index contributed by atoms with van der Waals surface area (Å²) < 4.78 is 13.1. The average molecular weight is 588 g/mol. The zero-order valence-corrected chi connectivity index (χ0v) is 24.7. The molecule has 0 atom stereocenters. The maximum atomic E-state index is 6.56. The van der Waals surface area contributed by atoms with Crippen molar-refractivity contribution in [3.05, 3.63) is 152 Å². The number of furan rings is 2. The Hall–Kier alpha value is -6.19. The molecule has 0 aliphatic rings. The van der Waals surface area contributed by atoms with E-state index in [0.29, 0.717) is 0 Å². The van der Waals surface area contributed by atoms with Crippen molar-refractivity contribution < 1.29 is 8.83 Å². The molecule has 46 heavy (non-hydrogen) atoms. The van der Waals surface area contributed by atoms with Crippen LogP contribution in [0.3, 0.4) is 0 Å². The van der Waals surface area contributed by atoms with Gasteiger partial charge in [0, 0.05) is 43.4 Å². The zero-order chi connectivity index (χ0) is 30.2. The molecule has 0 fully saturated rings. The Morgan fingerprint density at radius 1 is 0.370 bits per heavy atom. The second-order valence-electron chi connectivity index (χ2n) is 11.9. The van der Waals surface area contributed by atoms with E-state index in [9.17, 15) is 0 Å². The van der Waals surface area contributed by atoms with E-state index >= 15 is 0 Å². The van der Waals surface area contributed by atoms with Crippen LogP contribution in [0.15, 0.2) is 160 Å². The number of rotatable bonds is 3. The lowest BCUT2D eigenvalue weighted by atomic mass is 9.94. The van der Waals surface area contributed by atoms with E-state index in [1.807, 2.05) is 6.07 Å². The number of fused-ring (bicyclic) bond motifs is 10. The highest BCUT2D eigenvalue weighted by molar-refractivity contribution is 6.20. The van der Waals surface area contributed by atoms with Crippen LogP contribution in [0.1, 0.15) is 0 Å². The summed E-state index contributed by atoms with van der Waals surface area (Å²) in [6.45, 7) is 0. The second kappa shape index (κ2) is 9.65. The molecule has 0 amide bonds. The van der Waals surface area contributed by atoms with Gasteiger partial charge in [-0.1, -0.05) is 115 Å². The van der Waals surface area contributed by atoms with Crippen LogP contribution in [-0.2, 0) is 0 Å². The van der Waals surface area contributed by atoms with Gasteiger partial charge in [-0.05, 0) is 58.3 Å². The molecule has 7 aromatic carbocycles. The van der Waals surface area contributed by atoms with Gasteiger partial charge in [0.05, 0.1) is 11.4 Å². The molecule has 0 aliphatic carbocycles. The Balaban J connectivity index is 1.28. The summed E-state index contributed by atoms with van der Waals surface area (Å²) in [5.41, 5.74) is 9.67. The van der Waals surface area contributed by atoms with E-state index in [1.54, 1.807) is 0 Å². The minimum absolute atomic E-state index is 0.854. The largest absolute Gasteiger partial charge is 0.455 e. The summed E-state index contributed by atoms with van der Waals surface area (Å²) in [6.07, 6.45) is 0. The third kappa shape index (κ3) is 3.69. The standard InChI is InChI=1S/C43H25NO2/c1-2-12-28(13-3-1)36-24-29(30-16-8-18-38-40(30)34-22-20-26-10-4-6-14-31(26)42(34)45-38)25-37(44-36)33-17-9-19-39-41(33)35-23-21-27-11-5-7-15-32(27)43(35)46-39/h1-25H. The van der Waals surface area contributed by atoms with Gasteiger partial charge in [-0.25, -0.2) is 4.98 Å². The van der Waals surface area contributed by atoms with Crippen LogP contribution in [0.2, 0.25) is 0 Å². The topological polar surface area (TPSA) is 39.2 Å². The van der Waals surface area contributed by atoms with E-state index in [-0.39, 0.29) is 0 Å². The lowest BCUT2D eigenvalue weighted by Crippen LogP contribution is -1.92. The lowest BCUT2D eigenvalue weighted by molar-refractivity contribution is 0.672. The van der Waals surface area contributed by atoms with Gasteiger partial charge < -0.3 is 8.83 Å². The van der Waals surface area contributed by atoms with Crippen molar-refractivity contribution in [2.75, 3.05) is 0 Å². The lowest BCUT2D eigenvalue weighted by Gasteiger charge is -2.12. The van der Waals surface area contributed by atoms with Gasteiger partial charge in [-0.3, -0.25) is 0 Å². The van der Waals surface area contributed by atoms with Crippen molar-refractivity contribution in [3.8, 4) is 33.6 Å². The molecule has 0 radical (unpaired) electrons. The minimum atomic E-state index is 0.854. The maximum absolute atomic E-state index is 6.56. The molecule has 214 valence electrons. The number of hydrogen-bond acceptors (Lipinski definition) is 3. The van der Waals surface area contributed by atoms with E-state index in [2.05, 4.69) is 146 Å². The van der Waals surface area contributed by atoms with Crippen molar-refractivity contribution in [2.45, 2.75) is 0 Å². The third-order valence-electron chi connectivity index (χ3n) is 9.26. The summed E-state index contributed by atoms with van der Waals surface area (Å²) in [6, 6.07) is 53.0. The SMILES string of the molecule is c1ccc(-c2cc(-c3cccc4oc5c6ccccc6ccc5c34)cc(-c3cccc4oc5c6ccccc6ccc5c34)n2)cc1. The molecule has 0 saturated heterocycles. The highest BCUT2D eigenvalue weighted by atomic mass is 16.3. The highest BCUT2D eigenvalue weighted by Gasteiger charge is 2.19. The third-order valence-corrected chi connectivity index (χ3v) is 9.26. The maximum Gasteiger partial charge on any atom is 0.143 e. The van der Waals surface area contributed by atoms with E-state index in [0.717, 1.165) is 93.7 Å². The first-order chi connectivity index (χ1) is 22.8. The van der Waals surface area contributed by atoms with Gasteiger partial charge in [-0.2, -0.15) is 0 Å². The predicted octanol–water partition coefficient (Wildman–Crippen LogP) is 12.2. The fourth-order valence-corrected chi connectivity index (χ4v) is 7.14. The average Bonchev–Trinajstić information content (AvgIpc) is 3.71. The van der Waals surface area contributed by atoms with Crippen molar-refractivity contribution in [1.29, 1.82) is 0 Å². The Bertz CT molecular complexity index is 2630. The van der Waals surface area contributed by atoms with Crippen LogP contribution in [0.4, 0.5) is 0 Å². The van der Waals surface area contributed by atoms with Gasteiger partial charge in [0.15, 0.2) is 0 Å². The number of hydrogen-bond donors (Lipinski definition) is 0. The molecule has 3 aromatic heterocycles. The summed E-state index contributed by atoms with van der Waals surface area (Å²) in [5.74, 6) is 0. The molecule has 0 N–H and O–H groups in total. The van der Waals surface area contributed by atoms with Crippen LogP contribution in [0.25, 0.3) is 99.1 Å². The molecule has 10 aromatic rings. The van der Waals surface area contributed by atoms with E-state index < -0.39 is 0 Å². The predicted molar refractivity (Wildman–Crippen MR) is 190 cm³/mol. The Kier molecular flexibility index (Phi) is 5.28. The molecule has 0 bridgehead atoms. The normalized spacial score (nSPS) is 11.9.